The monoisotopic (exact) mass is 314 g/mol. The van der Waals surface area contributed by atoms with Gasteiger partial charge in [-0.15, -0.1) is 0 Å². The summed E-state index contributed by atoms with van der Waals surface area (Å²) < 4.78 is 10.3. The van der Waals surface area contributed by atoms with Crippen LogP contribution in [0.15, 0.2) is 30.9 Å². The fraction of sp³-hybridized carbons (Fsp3) is 0.143. The third kappa shape index (κ3) is 2.84. The Balaban J connectivity index is 1.76. The van der Waals surface area contributed by atoms with Crippen LogP contribution in [0.25, 0.3) is 11.2 Å². The molecule has 2 aromatic heterocycles. The number of carbonyl (C=O) groups excluding carboxylic acids is 1. The van der Waals surface area contributed by atoms with Crippen molar-refractivity contribution in [2.24, 2.45) is 0 Å². The fourth-order valence-electron chi connectivity index (χ4n) is 2.03. The number of H-pyrrole nitrogens is 1. The van der Waals surface area contributed by atoms with Crippen molar-refractivity contribution in [3.63, 3.8) is 0 Å². The molecule has 0 unspecified atom stereocenters. The molecular weight excluding hydrogens is 300 g/mol. The van der Waals surface area contributed by atoms with Crippen LogP contribution >= 0.6 is 0 Å². The molecule has 0 fully saturated rings. The Morgan fingerprint density at radius 2 is 1.96 bits per heavy atom. The normalized spacial score (nSPS) is 10.3. The number of methoxy groups -OCH3 is 2. The molecule has 9 nitrogen and oxygen atoms in total. The molecule has 3 N–H and O–H groups in total. The maximum atomic E-state index is 12.2. The minimum Gasteiger partial charge on any atom is -0.493 e. The molecule has 1 aromatic carbocycles. The molecule has 23 heavy (non-hydrogen) atoms. The van der Waals surface area contributed by atoms with Gasteiger partial charge in [-0.3, -0.25) is 15.6 Å². The van der Waals surface area contributed by atoms with Gasteiger partial charge < -0.3 is 14.5 Å². The Morgan fingerprint density at radius 3 is 2.74 bits per heavy atom. The van der Waals surface area contributed by atoms with E-state index in [4.69, 9.17) is 9.47 Å². The number of hydrazine groups is 1. The van der Waals surface area contributed by atoms with Crippen molar-refractivity contribution in [1.29, 1.82) is 0 Å². The van der Waals surface area contributed by atoms with Crippen LogP contribution in [0, 0.1) is 0 Å². The average Bonchev–Trinajstić information content (AvgIpc) is 3.08. The zero-order chi connectivity index (χ0) is 16.2. The lowest BCUT2D eigenvalue weighted by atomic mass is 10.2. The lowest BCUT2D eigenvalue weighted by Crippen LogP contribution is -2.30. The fourth-order valence-corrected chi connectivity index (χ4v) is 2.03. The summed E-state index contributed by atoms with van der Waals surface area (Å²) in [6.07, 6.45) is 2.86. The van der Waals surface area contributed by atoms with E-state index in [0.717, 1.165) is 0 Å². The number of fused-ring (bicyclic) bond motifs is 1. The van der Waals surface area contributed by atoms with Crippen LogP contribution in [-0.4, -0.2) is 40.1 Å². The van der Waals surface area contributed by atoms with Gasteiger partial charge >= 0.3 is 0 Å². The highest BCUT2D eigenvalue weighted by Gasteiger charge is 2.12. The van der Waals surface area contributed by atoms with Gasteiger partial charge in [0.05, 0.1) is 20.5 Å². The summed E-state index contributed by atoms with van der Waals surface area (Å²) in [5.41, 5.74) is 6.81. The van der Waals surface area contributed by atoms with Gasteiger partial charge in [-0.2, -0.15) is 0 Å². The zero-order valence-corrected chi connectivity index (χ0v) is 12.5. The van der Waals surface area contributed by atoms with E-state index in [-0.39, 0.29) is 5.91 Å². The SMILES string of the molecule is COc1ccc(C(=O)NNc2ncnc3nc[nH]c23)cc1OC. The minimum atomic E-state index is -0.350. The first kappa shape index (κ1) is 14.6. The number of rotatable bonds is 5. The van der Waals surface area contributed by atoms with Crippen LogP contribution in [0.4, 0.5) is 5.82 Å². The summed E-state index contributed by atoms with van der Waals surface area (Å²) >= 11 is 0. The Bertz CT molecular complexity index is 847. The number of anilines is 1. The van der Waals surface area contributed by atoms with E-state index in [0.29, 0.717) is 34.0 Å². The number of nitrogens with zero attached hydrogens (tertiary/aromatic N) is 3. The molecule has 2 heterocycles. The Hall–Kier alpha value is -3.36. The van der Waals surface area contributed by atoms with E-state index in [2.05, 4.69) is 30.8 Å². The summed E-state index contributed by atoms with van der Waals surface area (Å²) in [5, 5.41) is 0. The number of nitrogens with one attached hydrogen (secondary N) is 3. The molecule has 9 heteroatoms. The predicted octanol–water partition coefficient (Wildman–Crippen LogP) is 1.13. The van der Waals surface area contributed by atoms with Crippen molar-refractivity contribution in [2.45, 2.75) is 0 Å². The number of benzene rings is 1. The second-order valence-electron chi connectivity index (χ2n) is 4.47. The number of imidazole rings is 1. The number of hydrogen-bond donors (Lipinski definition) is 3. The topological polar surface area (TPSA) is 114 Å². The van der Waals surface area contributed by atoms with Gasteiger partial charge in [-0.1, -0.05) is 0 Å². The van der Waals surface area contributed by atoms with Crippen LogP contribution in [0.1, 0.15) is 10.4 Å². The number of carbonyl (C=O) groups is 1. The van der Waals surface area contributed by atoms with Crippen molar-refractivity contribution in [1.82, 2.24) is 25.4 Å². The standard InChI is InChI=1S/C14H14N6O3/c1-22-9-4-3-8(5-10(9)23-2)14(21)20-19-13-11-12(16-6-15-11)17-7-18-13/h3-7H,1-2H3,(H,20,21)(H2,15,16,17,18,19). The van der Waals surface area contributed by atoms with Gasteiger partial charge in [0.25, 0.3) is 5.91 Å². The highest BCUT2D eigenvalue weighted by Crippen LogP contribution is 2.27. The molecule has 0 bridgehead atoms. The molecule has 0 saturated heterocycles. The third-order valence-electron chi connectivity index (χ3n) is 3.16. The van der Waals surface area contributed by atoms with E-state index in [1.807, 2.05) is 0 Å². The summed E-state index contributed by atoms with van der Waals surface area (Å²) in [7, 11) is 3.04. The van der Waals surface area contributed by atoms with Crippen molar-refractivity contribution in [2.75, 3.05) is 19.6 Å². The van der Waals surface area contributed by atoms with Gasteiger partial charge in [0.15, 0.2) is 23.0 Å². The molecule has 0 radical (unpaired) electrons. The Morgan fingerprint density at radius 1 is 1.13 bits per heavy atom. The number of hydrogen-bond acceptors (Lipinski definition) is 7. The Labute approximate surface area is 131 Å². The molecular formula is C14H14N6O3. The number of aromatic amines is 1. The second-order valence-corrected chi connectivity index (χ2v) is 4.47. The van der Waals surface area contributed by atoms with Crippen LogP contribution in [0.5, 0.6) is 11.5 Å². The van der Waals surface area contributed by atoms with Crippen molar-refractivity contribution < 1.29 is 14.3 Å². The number of amides is 1. The molecule has 0 aliphatic carbocycles. The molecule has 1 amide bonds. The van der Waals surface area contributed by atoms with Gasteiger partial charge in [-0.05, 0) is 18.2 Å². The van der Waals surface area contributed by atoms with Crippen molar-refractivity contribution in [3.8, 4) is 11.5 Å². The largest absolute Gasteiger partial charge is 0.493 e. The van der Waals surface area contributed by atoms with E-state index in [9.17, 15) is 4.79 Å². The van der Waals surface area contributed by atoms with Crippen molar-refractivity contribution in [3.05, 3.63) is 36.4 Å². The number of aromatic nitrogens is 4. The summed E-state index contributed by atoms with van der Waals surface area (Å²) in [4.78, 5) is 27.2. The van der Waals surface area contributed by atoms with Crippen LogP contribution in [0.2, 0.25) is 0 Å². The maximum absolute atomic E-state index is 12.2. The molecule has 118 valence electrons. The summed E-state index contributed by atoms with van der Waals surface area (Å²) in [6, 6.07) is 4.87. The van der Waals surface area contributed by atoms with Gasteiger partial charge in [-0.25, -0.2) is 15.0 Å². The average molecular weight is 314 g/mol. The van der Waals surface area contributed by atoms with Crippen LogP contribution in [0.3, 0.4) is 0 Å². The zero-order valence-electron chi connectivity index (χ0n) is 12.5. The predicted molar refractivity (Wildman–Crippen MR) is 82.3 cm³/mol. The van der Waals surface area contributed by atoms with E-state index in [1.54, 1.807) is 18.2 Å². The van der Waals surface area contributed by atoms with Gasteiger partial charge in [0.2, 0.25) is 0 Å². The quantitative estimate of drug-likeness (QED) is 0.605. The highest BCUT2D eigenvalue weighted by molar-refractivity contribution is 5.96. The molecule has 0 atom stereocenters. The van der Waals surface area contributed by atoms with Crippen molar-refractivity contribution >= 4 is 22.9 Å². The van der Waals surface area contributed by atoms with E-state index in [1.165, 1.54) is 26.9 Å². The lowest BCUT2D eigenvalue weighted by molar-refractivity contribution is 0.0962. The molecule has 0 aliphatic heterocycles. The molecule has 3 rings (SSSR count). The smallest absolute Gasteiger partial charge is 0.269 e. The Kier molecular flexibility index (Phi) is 3.91. The first-order chi connectivity index (χ1) is 11.2. The molecule has 0 aliphatic rings. The van der Waals surface area contributed by atoms with E-state index >= 15 is 0 Å². The summed E-state index contributed by atoms with van der Waals surface area (Å²) in [5.74, 6) is 1.09. The van der Waals surface area contributed by atoms with Crippen LogP contribution < -0.4 is 20.3 Å². The second kappa shape index (κ2) is 6.18. The number of ether oxygens (including phenoxy) is 2. The van der Waals surface area contributed by atoms with Gasteiger partial charge in [0, 0.05) is 5.56 Å². The third-order valence-corrected chi connectivity index (χ3v) is 3.16. The first-order valence-corrected chi connectivity index (χ1v) is 6.65. The maximum Gasteiger partial charge on any atom is 0.269 e. The minimum absolute atomic E-state index is 0.350. The molecule has 0 spiro atoms. The lowest BCUT2D eigenvalue weighted by Gasteiger charge is -2.11. The van der Waals surface area contributed by atoms with Crippen LogP contribution in [-0.2, 0) is 0 Å². The van der Waals surface area contributed by atoms with Gasteiger partial charge in [0.1, 0.15) is 11.8 Å². The molecule has 0 saturated carbocycles. The molecule has 3 aromatic rings. The highest BCUT2D eigenvalue weighted by atomic mass is 16.5. The summed E-state index contributed by atoms with van der Waals surface area (Å²) in [6.45, 7) is 0. The van der Waals surface area contributed by atoms with E-state index < -0.39 is 0 Å². The first-order valence-electron chi connectivity index (χ1n) is 6.65.